The molecular formula is C28H23ClF4N4O4. The number of benzene rings is 3. The summed E-state index contributed by atoms with van der Waals surface area (Å²) in [7, 11) is 0. The van der Waals surface area contributed by atoms with Gasteiger partial charge in [0.05, 0.1) is 39.2 Å². The SMILES string of the molecule is CC(C)(CO)C(=O)NCc1ccc(Cl)c(C(=O)Nc2cccc3c(Oc4cccc(C(F)(F)F)c4)ncnc23)c1F. The largest absolute Gasteiger partial charge is 0.438 e. The second-order valence-corrected chi connectivity index (χ2v) is 9.99. The predicted molar refractivity (Wildman–Crippen MR) is 143 cm³/mol. The van der Waals surface area contributed by atoms with Crippen molar-refractivity contribution in [2.75, 3.05) is 11.9 Å². The Morgan fingerprint density at radius 3 is 2.49 bits per heavy atom. The van der Waals surface area contributed by atoms with Gasteiger partial charge in [0.15, 0.2) is 0 Å². The molecule has 3 N–H and O–H groups in total. The molecule has 2 amide bonds. The molecular weight excluding hydrogens is 568 g/mol. The Morgan fingerprint density at radius 1 is 1.05 bits per heavy atom. The highest BCUT2D eigenvalue weighted by Crippen LogP contribution is 2.35. The molecule has 1 heterocycles. The van der Waals surface area contributed by atoms with Gasteiger partial charge >= 0.3 is 6.18 Å². The number of aliphatic hydroxyl groups excluding tert-OH is 1. The number of carbonyl (C=O) groups excluding carboxylic acids is 2. The van der Waals surface area contributed by atoms with Crippen LogP contribution in [0.15, 0.2) is 60.9 Å². The van der Waals surface area contributed by atoms with Crippen molar-refractivity contribution in [1.82, 2.24) is 15.3 Å². The number of halogens is 5. The number of hydrogen-bond acceptors (Lipinski definition) is 6. The fourth-order valence-corrected chi connectivity index (χ4v) is 3.94. The van der Waals surface area contributed by atoms with E-state index in [4.69, 9.17) is 16.3 Å². The van der Waals surface area contributed by atoms with E-state index in [2.05, 4.69) is 20.6 Å². The number of ether oxygens (including phenoxy) is 1. The van der Waals surface area contributed by atoms with Gasteiger partial charge in [0.2, 0.25) is 11.8 Å². The van der Waals surface area contributed by atoms with Gasteiger partial charge in [-0.15, -0.1) is 0 Å². The monoisotopic (exact) mass is 590 g/mol. The number of rotatable bonds is 8. The third-order valence-corrected chi connectivity index (χ3v) is 6.41. The summed E-state index contributed by atoms with van der Waals surface area (Å²) in [6.07, 6.45) is -3.47. The number of para-hydroxylation sites is 1. The van der Waals surface area contributed by atoms with Crippen LogP contribution in [0.5, 0.6) is 11.6 Å². The van der Waals surface area contributed by atoms with Crippen LogP contribution >= 0.6 is 11.6 Å². The number of aromatic nitrogens is 2. The zero-order chi connectivity index (χ0) is 29.9. The maximum atomic E-state index is 15.4. The highest BCUT2D eigenvalue weighted by Gasteiger charge is 2.31. The van der Waals surface area contributed by atoms with Crippen LogP contribution < -0.4 is 15.4 Å². The van der Waals surface area contributed by atoms with E-state index >= 15 is 4.39 Å². The average Bonchev–Trinajstić information content (AvgIpc) is 2.92. The first-order valence-electron chi connectivity index (χ1n) is 12.1. The molecule has 1 aromatic heterocycles. The lowest BCUT2D eigenvalue weighted by molar-refractivity contribution is -0.137. The highest BCUT2D eigenvalue weighted by molar-refractivity contribution is 6.34. The Hall–Kier alpha value is -4.29. The quantitative estimate of drug-likeness (QED) is 0.213. The molecule has 3 aromatic carbocycles. The van der Waals surface area contributed by atoms with Crippen molar-refractivity contribution in [3.8, 4) is 11.6 Å². The molecule has 41 heavy (non-hydrogen) atoms. The van der Waals surface area contributed by atoms with Crippen molar-refractivity contribution in [3.05, 3.63) is 88.5 Å². The molecule has 214 valence electrons. The van der Waals surface area contributed by atoms with Gasteiger partial charge < -0.3 is 20.5 Å². The molecule has 0 unspecified atom stereocenters. The van der Waals surface area contributed by atoms with E-state index < -0.39 is 47.0 Å². The first-order chi connectivity index (χ1) is 19.3. The van der Waals surface area contributed by atoms with E-state index in [1.165, 1.54) is 50.2 Å². The summed E-state index contributed by atoms with van der Waals surface area (Å²) in [4.78, 5) is 33.6. The van der Waals surface area contributed by atoms with E-state index in [-0.39, 0.29) is 45.4 Å². The number of carbonyl (C=O) groups is 2. The van der Waals surface area contributed by atoms with Gasteiger partial charge in [-0.2, -0.15) is 13.2 Å². The van der Waals surface area contributed by atoms with Crippen LogP contribution in [-0.2, 0) is 17.5 Å². The smallest absolute Gasteiger partial charge is 0.416 e. The predicted octanol–water partition coefficient (Wildman–Crippen LogP) is 6.12. The lowest BCUT2D eigenvalue weighted by atomic mass is 9.93. The molecule has 4 rings (SSSR count). The van der Waals surface area contributed by atoms with Crippen molar-refractivity contribution in [3.63, 3.8) is 0 Å². The van der Waals surface area contributed by atoms with Crippen molar-refractivity contribution >= 4 is 40.0 Å². The molecule has 0 aliphatic heterocycles. The lowest BCUT2D eigenvalue weighted by Gasteiger charge is -2.21. The third-order valence-electron chi connectivity index (χ3n) is 6.10. The van der Waals surface area contributed by atoms with E-state index in [9.17, 15) is 27.9 Å². The Morgan fingerprint density at radius 2 is 1.78 bits per heavy atom. The van der Waals surface area contributed by atoms with Gasteiger partial charge in [-0.3, -0.25) is 9.59 Å². The Balaban J connectivity index is 1.60. The minimum absolute atomic E-state index is 0.0151. The van der Waals surface area contributed by atoms with Gasteiger partial charge in [0.25, 0.3) is 5.91 Å². The van der Waals surface area contributed by atoms with E-state index in [1.807, 2.05) is 0 Å². The fraction of sp³-hybridized carbons (Fsp3) is 0.214. The standard InChI is InChI=1S/C28H23ClF4N4O4/c1-27(2,13-38)26(40)34-12-15-9-10-19(29)21(22(15)30)24(39)37-20-8-4-7-18-23(20)35-14-36-25(18)41-17-6-3-5-16(11-17)28(31,32)33/h3-11,14,38H,12-13H2,1-2H3,(H,34,40)(H,37,39). The fourth-order valence-electron chi connectivity index (χ4n) is 3.71. The molecule has 4 aromatic rings. The molecule has 8 nitrogen and oxygen atoms in total. The molecule has 0 fully saturated rings. The van der Waals surface area contributed by atoms with Crippen molar-refractivity contribution in [2.24, 2.45) is 5.41 Å². The normalized spacial score (nSPS) is 11.8. The lowest BCUT2D eigenvalue weighted by Crippen LogP contribution is -2.39. The Kier molecular flexibility index (Phi) is 8.45. The zero-order valence-electron chi connectivity index (χ0n) is 21.6. The second kappa shape index (κ2) is 11.7. The molecule has 0 saturated heterocycles. The number of amides is 2. The molecule has 0 aliphatic carbocycles. The van der Waals surface area contributed by atoms with E-state index in [0.29, 0.717) is 0 Å². The maximum Gasteiger partial charge on any atom is 0.416 e. The van der Waals surface area contributed by atoms with Crippen LogP contribution in [0.2, 0.25) is 5.02 Å². The number of aliphatic hydroxyl groups is 1. The Bertz CT molecular complexity index is 1630. The number of alkyl halides is 3. The van der Waals surface area contributed by atoms with E-state index in [0.717, 1.165) is 18.5 Å². The highest BCUT2D eigenvalue weighted by atomic mass is 35.5. The first kappa shape index (κ1) is 29.7. The molecule has 0 atom stereocenters. The molecule has 0 spiro atoms. The van der Waals surface area contributed by atoms with Gasteiger partial charge in [0.1, 0.15) is 23.4 Å². The average molecular weight is 591 g/mol. The summed E-state index contributed by atoms with van der Waals surface area (Å²) in [5.74, 6) is -2.57. The summed E-state index contributed by atoms with van der Waals surface area (Å²) in [5, 5.41) is 14.5. The summed E-state index contributed by atoms with van der Waals surface area (Å²) in [5.41, 5.74) is -2.20. The van der Waals surface area contributed by atoms with Crippen LogP contribution in [0, 0.1) is 11.2 Å². The summed E-state index contributed by atoms with van der Waals surface area (Å²) in [6.45, 7) is 2.35. The zero-order valence-corrected chi connectivity index (χ0v) is 22.4. The number of fused-ring (bicyclic) bond motifs is 1. The van der Waals surface area contributed by atoms with Crippen LogP contribution in [0.4, 0.5) is 23.2 Å². The number of nitrogens with zero attached hydrogens (tertiary/aromatic N) is 2. The molecule has 0 bridgehead atoms. The molecule has 0 radical (unpaired) electrons. The topological polar surface area (TPSA) is 113 Å². The van der Waals surface area contributed by atoms with Crippen LogP contribution in [0.3, 0.4) is 0 Å². The maximum absolute atomic E-state index is 15.4. The van der Waals surface area contributed by atoms with Crippen molar-refractivity contribution in [1.29, 1.82) is 0 Å². The number of hydrogen-bond donors (Lipinski definition) is 3. The summed E-state index contributed by atoms with van der Waals surface area (Å²) >= 11 is 6.15. The van der Waals surface area contributed by atoms with Gasteiger partial charge in [-0.25, -0.2) is 14.4 Å². The first-order valence-corrected chi connectivity index (χ1v) is 12.5. The molecule has 13 heteroatoms. The van der Waals surface area contributed by atoms with Crippen molar-refractivity contribution < 1.29 is 37.0 Å². The number of nitrogens with one attached hydrogen (secondary N) is 2. The van der Waals surface area contributed by atoms with E-state index in [1.54, 1.807) is 6.07 Å². The molecule has 0 aliphatic rings. The minimum Gasteiger partial charge on any atom is -0.438 e. The summed E-state index contributed by atoms with van der Waals surface area (Å²) < 4.78 is 60.3. The minimum atomic E-state index is -4.57. The third kappa shape index (κ3) is 6.55. The van der Waals surface area contributed by atoms with Crippen molar-refractivity contribution in [2.45, 2.75) is 26.6 Å². The van der Waals surface area contributed by atoms with Gasteiger partial charge in [0, 0.05) is 12.1 Å². The Labute approximate surface area is 236 Å². The van der Waals surface area contributed by atoms with Crippen LogP contribution in [0.1, 0.15) is 35.3 Å². The van der Waals surface area contributed by atoms with Gasteiger partial charge in [-0.1, -0.05) is 29.8 Å². The van der Waals surface area contributed by atoms with Gasteiger partial charge in [-0.05, 0) is 50.2 Å². The number of anilines is 1. The van der Waals surface area contributed by atoms with Crippen LogP contribution in [-0.4, -0.2) is 33.5 Å². The second-order valence-electron chi connectivity index (χ2n) is 9.58. The summed E-state index contributed by atoms with van der Waals surface area (Å²) in [6, 6.07) is 11.4. The van der Waals surface area contributed by atoms with Crippen LogP contribution in [0.25, 0.3) is 10.9 Å². The molecule has 0 saturated carbocycles.